The topological polar surface area (TPSA) is 45.2 Å². The van der Waals surface area contributed by atoms with Crippen LogP contribution < -0.4 is 5.32 Å². The standard InChI is InChI=1S/C12H14FN3O/c13-11-4-3-9(7-14-11)15-12(17)16-6-5-10(16)8-1-2-8/h3-4,7-8,10H,1-2,5-6H2,(H,15,17). The zero-order valence-electron chi connectivity index (χ0n) is 9.40. The van der Waals surface area contributed by atoms with Gasteiger partial charge in [0.05, 0.1) is 11.9 Å². The second-order valence-electron chi connectivity index (χ2n) is 4.69. The first-order chi connectivity index (χ1) is 8.24. The first kappa shape index (κ1) is 10.5. The molecule has 3 rings (SSSR count). The van der Waals surface area contributed by atoms with E-state index in [1.165, 1.54) is 31.2 Å². The van der Waals surface area contributed by atoms with Crippen LogP contribution in [-0.4, -0.2) is 28.5 Å². The third-order valence-corrected chi connectivity index (χ3v) is 3.47. The number of anilines is 1. The number of hydrogen-bond donors (Lipinski definition) is 1. The van der Waals surface area contributed by atoms with Crippen molar-refractivity contribution < 1.29 is 9.18 Å². The minimum Gasteiger partial charge on any atom is -0.321 e. The molecule has 1 aliphatic heterocycles. The first-order valence-corrected chi connectivity index (χ1v) is 5.93. The highest BCUT2D eigenvalue weighted by Crippen LogP contribution is 2.41. The summed E-state index contributed by atoms with van der Waals surface area (Å²) in [5, 5.41) is 2.74. The summed E-state index contributed by atoms with van der Waals surface area (Å²) in [5.74, 6) is 0.170. The predicted octanol–water partition coefficient (Wildman–Crippen LogP) is 2.24. The van der Waals surface area contributed by atoms with E-state index in [2.05, 4.69) is 10.3 Å². The molecule has 2 aliphatic rings. The van der Waals surface area contributed by atoms with Gasteiger partial charge < -0.3 is 10.2 Å². The van der Waals surface area contributed by atoms with Crippen molar-refractivity contribution >= 4 is 11.7 Å². The van der Waals surface area contributed by atoms with E-state index in [1.807, 2.05) is 4.90 Å². The molecule has 90 valence electrons. The molecule has 0 bridgehead atoms. The van der Waals surface area contributed by atoms with Crippen molar-refractivity contribution in [3.05, 3.63) is 24.3 Å². The van der Waals surface area contributed by atoms with Crippen LogP contribution in [0.4, 0.5) is 14.9 Å². The first-order valence-electron chi connectivity index (χ1n) is 5.93. The van der Waals surface area contributed by atoms with Gasteiger partial charge in [-0.2, -0.15) is 4.39 Å². The molecule has 1 saturated heterocycles. The molecule has 1 N–H and O–H groups in total. The summed E-state index contributed by atoms with van der Waals surface area (Å²) >= 11 is 0. The zero-order chi connectivity index (χ0) is 11.8. The summed E-state index contributed by atoms with van der Waals surface area (Å²) in [4.78, 5) is 17.3. The Bertz CT molecular complexity index is 430. The third kappa shape index (κ3) is 2.09. The van der Waals surface area contributed by atoms with Gasteiger partial charge in [0.25, 0.3) is 0 Å². The van der Waals surface area contributed by atoms with Crippen LogP contribution in [-0.2, 0) is 0 Å². The van der Waals surface area contributed by atoms with E-state index >= 15 is 0 Å². The van der Waals surface area contributed by atoms with Gasteiger partial charge in [-0.25, -0.2) is 9.78 Å². The number of nitrogens with one attached hydrogen (secondary N) is 1. The number of amides is 2. The molecule has 1 unspecified atom stereocenters. The van der Waals surface area contributed by atoms with Crippen LogP contribution in [0.1, 0.15) is 19.3 Å². The Morgan fingerprint density at radius 3 is 2.76 bits per heavy atom. The molecule has 1 aliphatic carbocycles. The molecule has 2 heterocycles. The molecular formula is C12H14FN3O. The quantitative estimate of drug-likeness (QED) is 0.799. The van der Waals surface area contributed by atoms with Gasteiger partial charge in [-0.3, -0.25) is 0 Å². The van der Waals surface area contributed by atoms with E-state index < -0.39 is 5.95 Å². The minimum absolute atomic E-state index is 0.0958. The number of nitrogens with zero attached hydrogens (tertiary/aromatic N) is 2. The lowest BCUT2D eigenvalue weighted by Crippen LogP contribution is -2.53. The van der Waals surface area contributed by atoms with Crippen molar-refractivity contribution in [3.63, 3.8) is 0 Å². The Morgan fingerprint density at radius 2 is 2.24 bits per heavy atom. The van der Waals surface area contributed by atoms with Crippen LogP contribution in [0, 0.1) is 11.9 Å². The highest BCUT2D eigenvalue weighted by Gasteiger charge is 2.42. The molecule has 0 aromatic carbocycles. The van der Waals surface area contributed by atoms with Gasteiger partial charge in [0.15, 0.2) is 0 Å². The predicted molar refractivity (Wildman–Crippen MR) is 61.0 cm³/mol. The molecule has 0 radical (unpaired) electrons. The van der Waals surface area contributed by atoms with Gasteiger partial charge in [-0.15, -0.1) is 0 Å². The van der Waals surface area contributed by atoms with Crippen LogP contribution >= 0.6 is 0 Å². The fourth-order valence-corrected chi connectivity index (χ4v) is 2.28. The molecule has 17 heavy (non-hydrogen) atoms. The minimum atomic E-state index is -0.539. The molecule has 1 saturated carbocycles. The largest absolute Gasteiger partial charge is 0.322 e. The van der Waals surface area contributed by atoms with E-state index in [1.54, 1.807) is 0 Å². The van der Waals surface area contributed by atoms with Crippen molar-refractivity contribution in [2.75, 3.05) is 11.9 Å². The van der Waals surface area contributed by atoms with E-state index in [0.29, 0.717) is 17.6 Å². The maximum atomic E-state index is 12.6. The maximum Gasteiger partial charge on any atom is 0.322 e. The number of urea groups is 1. The van der Waals surface area contributed by atoms with E-state index in [-0.39, 0.29) is 6.03 Å². The fourth-order valence-electron chi connectivity index (χ4n) is 2.28. The second kappa shape index (κ2) is 3.98. The number of pyridine rings is 1. The molecule has 4 nitrogen and oxygen atoms in total. The van der Waals surface area contributed by atoms with E-state index in [0.717, 1.165) is 13.0 Å². The van der Waals surface area contributed by atoms with E-state index in [4.69, 9.17) is 0 Å². The molecule has 2 amide bonds. The van der Waals surface area contributed by atoms with Crippen molar-refractivity contribution in [1.29, 1.82) is 0 Å². The summed E-state index contributed by atoms with van der Waals surface area (Å²) in [5.41, 5.74) is 0.540. The van der Waals surface area contributed by atoms with Gasteiger partial charge in [0.2, 0.25) is 5.95 Å². The summed E-state index contributed by atoms with van der Waals surface area (Å²) in [6.45, 7) is 0.821. The monoisotopic (exact) mass is 235 g/mol. The van der Waals surface area contributed by atoms with Crippen molar-refractivity contribution in [3.8, 4) is 0 Å². The van der Waals surface area contributed by atoms with Crippen LogP contribution in [0.15, 0.2) is 18.3 Å². The summed E-state index contributed by atoms with van der Waals surface area (Å²) in [6, 6.07) is 3.08. The molecule has 5 heteroatoms. The number of rotatable bonds is 2. The number of carbonyl (C=O) groups excluding carboxylic acids is 1. The maximum absolute atomic E-state index is 12.6. The highest BCUT2D eigenvalue weighted by molar-refractivity contribution is 5.89. The summed E-state index contributed by atoms with van der Waals surface area (Å²) < 4.78 is 12.6. The Labute approximate surface area is 98.8 Å². The average Bonchev–Trinajstić information content (AvgIpc) is 3.04. The Balaban J connectivity index is 1.61. The second-order valence-corrected chi connectivity index (χ2v) is 4.69. The molecule has 1 aromatic rings. The van der Waals surface area contributed by atoms with Gasteiger partial charge in [0, 0.05) is 12.6 Å². The molecule has 1 aromatic heterocycles. The van der Waals surface area contributed by atoms with Gasteiger partial charge in [-0.05, 0) is 37.3 Å². The summed E-state index contributed by atoms with van der Waals surface area (Å²) in [7, 11) is 0. The molecular weight excluding hydrogens is 221 g/mol. The molecule has 0 spiro atoms. The third-order valence-electron chi connectivity index (χ3n) is 3.47. The van der Waals surface area contributed by atoms with Crippen LogP contribution in [0.25, 0.3) is 0 Å². The normalized spacial score (nSPS) is 23.1. The lowest BCUT2D eigenvalue weighted by atomic mass is 9.99. The number of hydrogen-bond acceptors (Lipinski definition) is 2. The number of aromatic nitrogens is 1. The Morgan fingerprint density at radius 1 is 1.41 bits per heavy atom. The Kier molecular flexibility index (Phi) is 2.46. The van der Waals surface area contributed by atoms with Crippen molar-refractivity contribution in [1.82, 2.24) is 9.88 Å². The number of halogens is 1. The molecule has 2 fully saturated rings. The Hall–Kier alpha value is -1.65. The smallest absolute Gasteiger partial charge is 0.321 e. The summed E-state index contributed by atoms with van der Waals surface area (Å²) in [6.07, 6.45) is 4.93. The van der Waals surface area contributed by atoms with Gasteiger partial charge >= 0.3 is 6.03 Å². The van der Waals surface area contributed by atoms with Crippen molar-refractivity contribution in [2.24, 2.45) is 5.92 Å². The van der Waals surface area contributed by atoms with Crippen LogP contribution in [0.5, 0.6) is 0 Å². The average molecular weight is 235 g/mol. The lowest BCUT2D eigenvalue weighted by molar-refractivity contribution is 0.111. The lowest BCUT2D eigenvalue weighted by Gasteiger charge is -2.41. The number of likely N-dealkylation sites (tertiary alicyclic amines) is 1. The van der Waals surface area contributed by atoms with E-state index in [9.17, 15) is 9.18 Å². The highest BCUT2D eigenvalue weighted by atomic mass is 19.1. The van der Waals surface area contributed by atoms with Crippen LogP contribution in [0.2, 0.25) is 0 Å². The van der Waals surface area contributed by atoms with Crippen molar-refractivity contribution in [2.45, 2.75) is 25.3 Å². The number of carbonyl (C=O) groups is 1. The zero-order valence-corrected chi connectivity index (χ0v) is 9.40. The van der Waals surface area contributed by atoms with Gasteiger partial charge in [-0.1, -0.05) is 0 Å². The molecule has 1 atom stereocenters. The fraction of sp³-hybridized carbons (Fsp3) is 0.500. The van der Waals surface area contributed by atoms with Gasteiger partial charge in [0.1, 0.15) is 0 Å². The van der Waals surface area contributed by atoms with Crippen LogP contribution in [0.3, 0.4) is 0 Å². The SMILES string of the molecule is O=C(Nc1ccc(F)nc1)N1CCC1C1CC1.